The second-order valence-electron chi connectivity index (χ2n) is 8.51. The Morgan fingerprint density at radius 1 is 1.06 bits per heavy atom. The van der Waals surface area contributed by atoms with E-state index in [1.807, 2.05) is 30.3 Å². The number of nitrogens with zero attached hydrogens (tertiary/aromatic N) is 1. The van der Waals surface area contributed by atoms with Crippen LogP contribution in [-0.4, -0.2) is 49.2 Å². The molecule has 1 fully saturated rings. The summed E-state index contributed by atoms with van der Waals surface area (Å²) in [5.41, 5.74) is 3.87. The minimum atomic E-state index is -5.05. The smallest absolute Gasteiger partial charge is 0.490 e. The van der Waals surface area contributed by atoms with Gasteiger partial charge in [-0.1, -0.05) is 18.2 Å². The molecule has 1 aliphatic heterocycles. The van der Waals surface area contributed by atoms with E-state index < -0.39 is 24.2 Å². The number of aromatic amines is 1. The van der Waals surface area contributed by atoms with Crippen molar-refractivity contribution >= 4 is 22.6 Å². The maximum Gasteiger partial charge on any atom is 0.490 e. The van der Waals surface area contributed by atoms with Gasteiger partial charge in [-0.2, -0.15) is 13.2 Å². The first kappa shape index (κ1) is 22.3. The summed E-state index contributed by atoms with van der Waals surface area (Å²) in [6.07, 6.45) is -4.40. The molecule has 0 bridgehead atoms. The molecule has 2 aromatic carbocycles. The predicted molar refractivity (Wildman–Crippen MR) is 120 cm³/mol. The number of rotatable bonds is 4. The highest BCUT2D eigenvalue weighted by molar-refractivity contribution is 6.15. The van der Waals surface area contributed by atoms with Gasteiger partial charge in [-0.3, -0.25) is 4.99 Å². The van der Waals surface area contributed by atoms with E-state index in [4.69, 9.17) is 19.2 Å². The molecule has 34 heavy (non-hydrogen) atoms. The molecule has 3 aromatic rings. The van der Waals surface area contributed by atoms with Crippen LogP contribution in [0, 0.1) is 0 Å². The number of hydrogen-bond donors (Lipinski definition) is 1. The number of H-pyrrole nitrogens is 1. The number of carbonyl (C=O) groups is 1. The molecule has 0 radical (unpaired) electrons. The first-order valence-electron chi connectivity index (χ1n) is 11.0. The molecule has 1 N–H and O–H groups in total. The predicted octanol–water partition coefficient (Wildman–Crippen LogP) is 5.15. The van der Waals surface area contributed by atoms with E-state index in [1.165, 1.54) is 14.2 Å². The lowest BCUT2D eigenvalue weighted by Crippen LogP contribution is -2.42. The van der Waals surface area contributed by atoms with Crippen molar-refractivity contribution < 1.29 is 32.2 Å². The molecule has 6 nitrogen and oxygen atoms in total. The standard InChI is InChI=1S/C25H23F3N2O4/c1-32-20-11-14-15(12-21(20)33-2)23(18-10-13-6-3-4-7-16(13)29-18)30-17-8-5-9-19(22(14)17)34-24(31)25(26,27)28/h3-4,6-7,10-12,17,19,22,29H,5,8-9H2,1-2H3. The summed E-state index contributed by atoms with van der Waals surface area (Å²) in [5, 5.41) is 1.02. The van der Waals surface area contributed by atoms with Crippen molar-refractivity contribution in [2.45, 2.75) is 43.5 Å². The number of benzene rings is 2. The Kier molecular flexibility index (Phi) is 5.50. The monoisotopic (exact) mass is 472 g/mol. The molecule has 0 amide bonds. The lowest BCUT2D eigenvalue weighted by molar-refractivity contribution is -0.207. The highest BCUT2D eigenvalue weighted by atomic mass is 19.4. The lowest BCUT2D eigenvalue weighted by atomic mass is 9.73. The van der Waals surface area contributed by atoms with Crippen molar-refractivity contribution in [2.75, 3.05) is 14.2 Å². The lowest BCUT2D eigenvalue weighted by Gasteiger charge is -2.40. The molecule has 0 spiro atoms. The van der Waals surface area contributed by atoms with Crippen LogP contribution in [0.1, 0.15) is 42.0 Å². The summed E-state index contributed by atoms with van der Waals surface area (Å²) in [6, 6.07) is 13.0. The van der Waals surface area contributed by atoms with E-state index in [0.717, 1.165) is 22.2 Å². The molecular weight excluding hydrogens is 449 g/mol. The normalized spacial score (nSPS) is 21.9. The van der Waals surface area contributed by atoms with E-state index >= 15 is 0 Å². The Bertz CT molecular complexity index is 1250. The third-order valence-corrected chi connectivity index (χ3v) is 6.54. The number of hydrogen-bond acceptors (Lipinski definition) is 5. The molecule has 3 atom stereocenters. The van der Waals surface area contributed by atoms with Crippen LogP contribution < -0.4 is 9.47 Å². The third-order valence-electron chi connectivity index (χ3n) is 6.54. The zero-order valence-corrected chi connectivity index (χ0v) is 18.6. The summed E-state index contributed by atoms with van der Waals surface area (Å²) < 4.78 is 54.9. The Hall–Kier alpha value is -3.49. The number of carbonyl (C=O) groups excluding carboxylic acids is 1. The van der Waals surface area contributed by atoms with E-state index in [-0.39, 0.29) is 6.04 Å². The van der Waals surface area contributed by atoms with Gasteiger partial charge in [0.2, 0.25) is 0 Å². The number of aliphatic imine (C=N–C) groups is 1. The molecule has 2 heterocycles. The molecule has 0 saturated heterocycles. The Morgan fingerprint density at radius 2 is 1.79 bits per heavy atom. The number of aromatic nitrogens is 1. The molecule has 3 unspecified atom stereocenters. The van der Waals surface area contributed by atoms with Crippen molar-refractivity contribution in [2.24, 2.45) is 4.99 Å². The Balaban J connectivity index is 1.65. The summed E-state index contributed by atoms with van der Waals surface area (Å²) in [5.74, 6) is -1.78. The molecule has 2 aliphatic rings. The van der Waals surface area contributed by atoms with Gasteiger partial charge in [0.05, 0.1) is 31.7 Å². The van der Waals surface area contributed by atoms with Crippen molar-refractivity contribution in [1.82, 2.24) is 4.98 Å². The fourth-order valence-corrected chi connectivity index (χ4v) is 5.05. The number of esters is 1. The van der Waals surface area contributed by atoms with Gasteiger partial charge in [-0.25, -0.2) is 4.79 Å². The molecule has 9 heteroatoms. The molecule has 178 valence electrons. The number of ether oxygens (including phenoxy) is 3. The van der Waals surface area contributed by atoms with Gasteiger partial charge >= 0.3 is 12.1 Å². The van der Waals surface area contributed by atoms with E-state index in [9.17, 15) is 18.0 Å². The second kappa shape index (κ2) is 8.38. The zero-order valence-electron chi connectivity index (χ0n) is 18.6. The molecule has 1 aromatic heterocycles. The summed E-state index contributed by atoms with van der Waals surface area (Å²) in [4.78, 5) is 20.1. The van der Waals surface area contributed by atoms with Crippen molar-refractivity contribution in [3.63, 3.8) is 0 Å². The molecular formula is C25H23F3N2O4. The van der Waals surface area contributed by atoms with Crippen LogP contribution in [0.2, 0.25) is 0 Å². The highest BCUT2D eigenvalue weighted by Crippen LogP contribution is 2.46. The first-order valence-corrected chi connectivity index (χ1v) is 11.0. The quantitative estimate of drug-likeness (QED) is 0.534. The topological polar surface area (TPSA) is 72.9 Å². The zero-order chi connectivity index (χ0) is 24.0. The summed E-state index contributed by atoms with van der Waals surface area (Å²) in [7, 11) is 3.02. The van der Waals surface area contributed by atoms with Gasteiger partial charge in [-0.15, -0.1) is 0 Å². The second-order valence-corrected chi connectivity index (χ2v) is 8.51. The minimum absolute atomic E-state index is 0.327. The highest BCUT2D eigenvalue weighted by Gasteiger charge is 2.47. The van der Waals surface area contributed by atoms with Gasteiger partial charge in [-0.05, 0) is 49.1 Å². The fraction of sp³-hybridized carbons (Fsp3) is 0.360. The van der Waals surface area contributed by atoms with Crippen molar-refractivity contribution in [3.05, 3.63) is 59.3 Å². The number of nitrogens with one attached hydrogen (secondary N) is 1. The van der Waals surface area contributed by atoms with Gasteiger partial charge in [0, 0.05) is 22.4 Å². The number of alkyl halides is 3. The van der Waals surface area contributed by atoms with Crippen LogP contribution in [0.5, 0.6) is 11.5 Å². The Labute approximate surface area is 193 Å². The van der Waals surface area contributed by atoms with Crippen LogP contribution >= 0.6 is 0 Å². The maximum atomic E-state index is 13.0. The minimum Gasteiger partial charge on any atom is -0.493 e. The number of methoxy groups -OCH3 is 2. The SMILES string of the molecule is COc1cc2c(cc1OC)C1C(CCCC1OC(=O)C(F)(F)F)N=C2c1cc2ccccc2[nH]1. The number of fused-ring (bicyclic) bond motifs is 4. The number of halogens is 3. The van der Waals surface area contributed by atoms with Crippen molar-refractivity contribution in [1.29, 1.82) is 0 Å². The molecule has 1 saturated carbocycles. The van der Waals surface area contributed by atoms with E-state index in [0.29, 0.717) is 42.0 Å². The first-order chi connectivity index (χ1) is 16.3. The maximum absolute atomic E-state index is 13.0. The summed E-state index contributed by atoms with van der Waals surface area (Å²) >= 11 is 0. The van der Waals surface area contributed by atoms with Crippen LogP contribution in [0.3, 0.4) is 0 Å². The van der Waals surface area contributed by atoms with Gasteiger partial charge in [0.1, 0.15) is 6.10 Å². The van der Waals surface area contributed by atoms with E-state index in [2.05, 4.69) is 4.98 Å². The van der Waals surface area contributed by atoms with Crippen molar-refractivity contribution in [3.8, 4) is 11.5 Å². The average molecular weight is 472 g/mol. The average Bonchev–Trinajstić information content (AvgIpc) is 3.26. The van der Waals surface area contributed by atoms with Gasteiger partial charge in [0.15, 0.2) is 11.5 Å². The largest absolute Gasteiger partial charge is 0.493 e. The molecule has 5 rings (SSSR count). The summed E-state index contributed by atoms with van der Waals surface area (Å²) in [6.45, 7) is 0. The number of para-hydroxylation sites is 1. The fourth-order valence-electron chi connectivity index (χ4n) is 5.05. The van der Waals surface area contributed by atoms with Crippen LogP contribution in [0.25, 0.3) is 10.9 Å². The van der Waals surface area contributed by atoms with Gasteiger partial charge < -0.3 is 19.2 Å². The molecule has 1 aliphatic carbocycles. The van der Waals surface area contributed by atoms with Crippen LogP contribution in [-0.2, 0) is 9.53 Å². The van der Waals surface area contributed by atoms with Crippen LogP contribution in [0.4, 0.5) is 13.2 Å². The third kappa shape index (κ3) is 3.78. The Morgan fingerprint density at radius 3 is 2.50 bits per heavy atom. The van der Waals surface area contributed by atoms with E-state index in [1.54, 1.807) is 12.1 Å². The van der Waals surface area contributed by atoms with Gasteiger partial charge in [0.25, 0.3) is 0 Å². The van der Waals surface area contributed by atoms with Crippen LogP contribution in [0.15, 0.2) is 47.5 Å².